The molecule has 1 aromatic carbocycles. The number of hydrogen-bond donors (Lipinski definition) is 2. The van der Waals surface area contributed by atoms with Crippen molar-refractivity contribution in [2.45, 2.75) is 54.9 Å². The fourth-order valence-electron chi connectivity index (χ4n) is 4.57. The number of ketones is 1. The van der Waals surface area contributed by atoms with E-state index in [1.165, 1.54) is 24.6 Å². The highest BCUT2D eigenvalue weighted by Crippen LogP contribution is 2.32. The summed E-state index contributed by atoms with van der Waals surface area (Å²) in [6.07, 6.45) is -3.62. The molecular formula is C25H28F3N7OS. The smallest absolute Gasteiger partial charge is 0.353 e. The van der Waals surface area contributed by atoms with Crippen LogP contribution in [0.5, 0.6) is 0 Å². The van der Waals surface area contributed by atoms with E-state index in [-0.39, 0.29) is 6.42 Å². The lowest BCUT2D eigenvalue weighted by atomic mass is 10.1. The zero-order chi connectivity index (χ0) is 26.0. The minimum atomic E-state index is -4.49. The van der Waals surface area contributed by atoms with E-state index in [0.717, 1.165) is 42.6 Å². The van der Waals surface area contributed by atoms with Gasteiger partial charge in [-0.2, -0.15) is 18.3 Å². The molecule has 4 heterocycles. The normalized spacial score (nSPS) is 16.7. The molecule has 0 aliphatic carbocycles. The molecule has 2 aromatic heterocycles. The van der Waals surface area contributed by atoms with Gasteiger partial charge in [0.1, 0.15) is 23.8 Å². The number of halogens is 3. The predicted molar refractivity (Wildman–Crippen MR) is 135 cm³/mol. The molecule has 5 rings (SSSR count). The molecular weight excluding hydrogens is 503 g/mol. The first-order valence-corrected chi connectivity index (χ1v) is 13.0. The van der Waals surface area contributed by atoms with E-state index in [1.807, 2.05) is 19.1 Å². The molecule has 0 saturated carbocycles. The lowest BCUT2D eigenvalue weighted by Crippen LogP contribution is -2.59. The lowest BCUT2D eigenvalue weighted by Gasteiger charge is -2.44. The highest BCUT2D eigenvalue weighted by molar-refractivity contribution is 7.99. The summed E-state index contributed by atoms with van der Waals surface area (Å²) in [5.41, 5.74) is 1.47. The van der Waals surface area contributed by atoms with Crippen LogP contribution in [0.25, 0.3) is 0 Å². The van der Waals surface area contributed by atoms with Crippen molar-refractivity contribution in [3.05, 3.63) is 47.7 Å². The summed E-state index contributed by atoms with van der Waals surface area (Å²) in [5.74, 6) is 1.26. The quantitative estimate of drug-likeness (QED) is 0.383. The molecule has 0 spiro atoms. The third-order valence-electron chi connectivity index (χ3n) is 6.43. The summed E-state index contributed by atoms with van der Waals surface area (Å²) in [6, 6.07) is 11.2. The van der Waals surface area contributed by atoms with Crippen LogP contribution in [-0.2, 0) is 11.2 Å². The van der Waals surface area contributed by atoms with Gasteiger partial charge in [0.15, 0.2) is 11.0 Å². The van der Waals surface area contributed by atoms with E-state index in [4.69, 9.17) is 4.98 Å². The summed E-state index contributed by atoms with van der Waals surface area (Å²) in [4.78, 5) is 26.7. The number of carbonyl (C=O) groups is 1. The molecule has 2 saturated heterocycles. The van der Waals surface area contributed by atoms with Crippen LogP contribution < -0.4 is 10.2 Å². The Labute approximate surface area is 217 Å². The van der Waals surface area contributed by atoms with Gasteiger partial charge in [0.25, 0.3) is 0 Å². The number of aromatic nitrogens is 4. The van der Waals surface area contributed by atoms with Gasteiger partial charge in [-0.15, -0.1) is 0 Å². The molecule has 0 amide bonds. The Hall–Kier alpha value is -3.12. The largest absolute Gasteiger partial charge is 0.395 e. The van der Waals surface area contributed by atoms with Crippen LogP contribution in [0, 0.1) is 6.92 Å². The third-order valence-corrected chi connectivity index (χ3v) is 7.30. The van der Waals surface area contributed by atoms with Crippen LogP contribution >= 0.6 is 11.8 Å². The number of anilines is 3. The average Bonchev–Trinajstić information content (AvgIpc) is 3.45. The number of alkyl halides is 3. The monoisotopic (exact) mass is 531 g/mol. The van der Waals surface area contributed by atoms with E-state index in [2.05, 4.69) is 30.3 Å². The molecule has 0 radical (unpaired) electrons. The molecule has 196 valence electrons. The maximum absolute atomic E-state index is 12.5. The maximum Gasteiger partial charge on any atom is 0.395 e. The van der Waals surface area contributed by atoms with E-state index < -0.39 is 18.4 Å². The van der Waals surface area contributed by atoms with Crippen LogP contribution in [0.4, 0.5) is 30.6 Å². The van der Waals surface area contributed by atoms with Crippen molar-refractivity contribution in [3.8, 4) is 0 Å². The molecule has 2 N–H and O–H groups in total. The van der Waals surface area contributed by atoms with Gasteiger partial charge in [0.05, 0.1) is 0 Å². The number of nitrogens with one attached hydrogen (secondary N) is 2. The van der Waals surface area contributed by atoms with Gasteiger partial charge in [-0.05, 0) is 62.3 Å². The van der Waals surface area contributed by atoms with Crippen molar-refractivity contribution < 1.29 is 18.0 Å². The number of hydrogen-bond acceptors (Lipinski definition) is 8. The van der Waals surface area contributed by atoms with Crippen LogP contribution in [0.1, 0.15) is 30.5 Å². The number of likely N-dealkylation sites (tertiary alicyclic amines) is 1. The SMILES string of the molecule is Cc1cc(Nc2cc(N3CC(N4CCCC4)C3)nc(Sc3ccc(CC(=O)CC(F)(F)F)cc3)n2)n[nH]1. The zero-order valence-corrected chi connectivity index (χ0v) is 21.2. The van der Waals surface area contributed by atoms with Gasteiger partial charge in [0.2, 0.25) is 0 Å². The zero-order valence-electron chi connectivity index (χ0n) is 20.4. The van der Waals surface area contributed by atoms with Gasteiger partial charge in [-0.25, -0.2) is 9.97 Å². The molecule has 0 atom stereocenters. The van der Waals surface area contributed by atoms with Gasteiger partial charge in [0, 0.05) is 48.3 Å². The van der Waals surface area contributed by atoms with Crippen molar-refractivity contribution in [2.24, 2.45) is 0 Å². The number of benzene rings is 1. The second kappa shape index (κ2) is 10.7. The van der Waals surface area contributed by atoms with Crippen LogP contribution in [0.2, 0.25) is 0 Å². The number of aryl methyl sites for hydroxylation is 1. The van der Waals surface area contributed by atoms with Crippen molar-refractivity contribution in [1.82, 2.24) is 25.1 Å². The van der Waals surface area contributed by atoms with Crippen molar-refractivity contribution in [1.29, 1.82) is 0 Å². The Kier molecular flexibility index (Phi) is 7.38. The highest BCUT2D eigenvalue weighted by atomic mass is 32.2. The summed E-state index contributed by atoms with van der Waals surface area (Å²) in [5, 5.41) is 10.9. The van der Waals surface area contributed by atoms with E-state index >= 15 is 0 Å². The second-order valence-corrected chi connectivity index (χ2v) is 10.6. The predicted octanol–water partition coefficient (Wildman–Crippen LogP) is 4.75. The van der Waals surface area contributed by atoms with Crippen molar-refractivity contribution in [2.75, 3.05) is 36.4 Å². The highest BCUT2D eigenvalue weighted by Gasteiger charge is 2.34. The lowest BCUT2D eigenvalue weighted by molar-refractivity contribution is -0.151. The molecule has 0 bridgehead atoms. The van der Waals surface area contributed by atoms with Gasteiger partial charge >= 0.3 is 6.18 Å². The Morgan fingerprint density at radius 3 is 2.49 bits per heavy atom. The molecule has 0 unspecified atom stereocenters. The molecule has 3 aromatic rings. The van der Waals surface area contributed by atoms with Crippen LogP contribution in [-0.4, -0.2) is 69.2 Å². The molecule has 2 aliphatic rings. The number of carbonyl (C=O) groups excluding carboxylic acids is 1. The number of aromatic amines is 1. The average molecular weight is 532 g/mol. The standard InChI is InChI=1S/C25H28F3N7OS/c1-16-10-22(33-32-16)29-21-12-23(35-14-18(15-35)34-8-2-3-9-34)31-24(30-21)37-20-6-4-17(5-7-20)11-19(36)13-25(26,27)28/h4-7,10,12,18H,2-3,8-9,11,13-15H2,1H3,(H2,29,30,31,32,33). The summed E-state index contributed by atoms with van der Waals surface area (Å²) >= 11 is 1.35. The van der Waals surface area contributed by atoms with E-state index in [0.29, 0.717) is 28.4 Å². The Bertz CT molecular complexity index is 1240. The number of H-pyrrole nitrogens is 1. The first-order valence-electron chi connectivity index (χ1n) is 12.2. The van der Waals surface area contributed by atoms with Gasteiger partial charge in [-0.1, -0.05) is 12.1 Å². The van der Waals surface area contributed by atoms with Gasteiger partial charge < -0.3 is 10.2 Å². The molecule has 2 aliphatic heterocycles. The van der Waals surface area contributed by atoms with Gasteiger partial charge in [-0.3, -0.25) is 14.8 Å². The number of nitrogens with zero attached hydrogens (tertiary/aromatic N) is 5. The Morgan fingerprint density at radius 2 is 1.84 bits per heavy atom. The molecule has 8 nitrogen and oxygen atoms in total. The van der Waals surface area contributed by atoms with Crippen molar-refractivity contribution in [3.63, 3.8) is 0 Å². The minimum Gasteiger partial charge on any atom is -0.353 e. The Balaban J connectivity index is 1.29. The topological polar surface area (TPSA) is 90.0 Å². The van der Waals surface area contributed by atoms with E-state index in [1.54, 1.807) is 24.3 Å². The second-order valence-electron chi connectivity index (χ2n) is 9.51. The van der Waals surface area contributed by atoms with Crippen LogP contribution in [0.15, 0.2) is 46.5 Å². The summed E-state index contributed by atoms with van der Waals surface area (Å²) in [6.45, 7) is 6.08. The Morgan fingerprint density at radius 1 is 1.11 bits per heavy atom. The molecule has 37 heavy (non-hydrogen) atoms. The first-order chi connectivity index (χ1) is 17.7. The maximum atomic E-state index is 12.5. The number of rotatable bonds is 9. The summed E-state index contributed by atoms with van der Waals surface area (Å²) in [7, 11) is 0. The van der Waals surface area contributed by atoms with Crippen LogP contribution in [0.3, 0.4) is 0 Å². The minimum absolute atomic E-state index is 0.249. The fraction of sp³-hybridized carbons (Fsp3) is 0.440. The third kappa shape index (κ3) is 6.80. The first kappa shape index (κ1) is 25.5. The molecule has 2 fully saturated rings. The van der Waals surface area contributed by atoms with E-state index in [9.17, 15) is 18.0 Å². The fourth-order valence-corrected chi connectivity index (χ4v) is 5.34. The summed E-state index contributed by atoms with van der Waals surface area (Å²) < 4.78 is 37.4. The number of Topliss-reactive ketones (excluding diaryl/α,β-unsaturated/α-hetero) is 1. The van der Waals surface area contributed by atoms with Crippen molar-refractivity contribution >= 4 is 35.0 Å². The molecule has 12 heteroatoms.